The molecule has 0 radical (unpaired) electrons. The lowest BCUT2D eigenvalue weighted by atomic mass is 10.0. The van der Waals surface area contributed by atoms with Crippen LogP contribution in [0.3, 0.4) is 0 Å². The van der Waals surface area contributed by atoms with Gasteiger partial charge in [0.05, 0.1) is 17.7 Å². The Labute approximate surface area is 255 Å². The number of para-hydroxylation sites is 1. The van der Waals surface area contributed by atoms with E-state index in [-0.39, 0.29) is 23.5 Å². The summed E-state index contributed by atoms with van der Waals surface area (Å²) in [4.78, 5) is 29.8. The highest BCUT2D eigenvalue weighted by molar-refractivity contribution is 6.00. The Morgan fingerprint density at radius 3 is 2.37 bits per heavy atom. The molecule has 228 valence electrons. The molecule has 4 rings (SSSR count). The van der Waals surface area contributed by atoms with Crippen molar-refractivity contribution in [2.45, 2.75) is 78.4 Å². The topological polar surface area (TPSA) is 111 Å². The zero-order valence-corrected chi connectivity index (χ0v) is 26.0. The molecule has 2 amide bonds. The molecule has 0 saturated heterocycles. The lowest BCUT2D eigenvalue weighted by Crippen LogP contribution is -2.49. The second kappa shape index (κ2) is 14.7. The van der Waals surface area contributed by atoms with Crippen molar-refractivity contribution >= 4 is 34.7 Å². The number of anilines is 3. The summed E-state index contributed by atoms with van der Waals surface area (Å²) >= 11 is 0. The number of unbranched alkanes of at least 4 members (excludes halogenated alkanes) is 2. The molecule has 43 heavy (non-hydrogen) atoms. The smallest absolute Gasteiger partial charge is 0.253 e. The van der Waals surface area contributed by atoms with Crippen LogP contribution in [-0.2, 0) is 11.2 Å². The molecule has 9 nitrogen and oxygen atoms in total. The Bertz CT molecular complexity index is 1420. The molecule has 2 aromatic carbocycles. The molecule has 0 fully saturated rings. The lowest BCUT2D eigenvalue weighted by Gasteiger charge is -2.38. The van der Waals surface area contributed by atoms with Crippen LogP contribution in [0.25, 0.3) is 0 Å². The third-order valence-corrected chi connectivity index (χ3v) is 7.48. The van der Waals surface area contributed by atoms with Crippen LogP contribution in [0, 0.1) is 6.92 Å². The van der Waals surface area contributed by atoms with Crippen molar-refractivity contribution in [1.29, 1.82) is 0 Å². The van der Waals surface area contributed by atoms with E-state index in [1.165, 1.54) is 0 Å². The van der Waals surface area contributed by atoms with Gasteiger partial charge in [0.2, 0.25) is 5.91 Å². The monoisotopic (exact) mass is 583 g/mol. The van der Waals surface area contributed by atoms with Gasteiger partial charge < -0.3 is 21.3 Å². The van der Waals surface area contributed by atoms with Gasteiger partial charge in [0.25, 0.3) is 5.91 Å². The molecule has 1 atom stereocenters. The van der Waals surface area contributed by atoms with E-state index in [0.717, 1.165) is 59.7 Å². The van der Waals surface area contributed by atoms with E-state index >= 15 is 0 Å². The summed E-state index contributed by atoms with van der Waals surface area (Å²) in [6.07, 6.45) is 5.65. The molecule has 1 aliphatic heterocycles. The highest BCUT2D eigenvalue weighted by Gasteiger charge is 2.38. The second-order valence-corrected chi connectivity index (χ2v) is 11.7. The number of pyridine rings is 1. The van der Waals surface area contributed by atoms with Crippen molar-refractivity contribution in [2.75, 3.05) is 23.7 Å². The molecule has 4 N–H and O–H groups in total. The molecular formula is C34H45N7O2. The van der Waals surface area contributed by atoms with E-state index in [1.807, 2.05) is 80.7 Å². The summed E-state index contributed by atoms with van der Waals surface area (Å²) in [6.45, 7) is 11.7. The van der Waals surface area contributed by atoms with Crippen molar-refractivity contribution in [2.24, 2.45) is 5.10 Å². The number of rotatable bonds is 14. The number of amides is 2. The lowest BCUT2D eigenvalue weighted by molar-refractivity contribution is -0.120. The number of aromatic nitrogens is 1. The summed E-state index contributed by atoms with van der Waals surface area (Å²) in [5.74, 6) is 0.651. The molecular weight excluding hydrogens is 538 g/mol. The summed E-state index contributed by atoms with van der Waals surface area (Å²) in [5, 5.41) is 19.9. The minimum atomic E-state index is -0.372. The van der Waals surface area contributed by atoms with E-state index in [0.29, 0.717) is 25.1 Å². The minimum absolute atomic E-state index is 0.0327. The molecule has 0 spiro atoms. The van der Waals surface area contributed by atoms with Gasteiger partial charge in [0.1, 0.15) is 11.5 Å². The van der Waals surface area contributed by atoms with Gasteiger partial charge in [-0.1, -0.05) is 42.5 Å². The van der Waals surface area contributed by atoms with Gasteiger partial charge in [0.15, 0.2) is 0 Å². The first kappa shape index (κ1) is 31.5. The highest BCUT2D eigenvalue weighted by atomic mass is 16.2. The molecule has 3 aromatic rings. The number of hydrogen-bond donors (Lipinski definition) is 4. The number of carbonyl (C=O) groups is 2. The maximum absolute atomic E-state index is 13.1. The molecule has 0 saturated carbocycles. The Morgan fingerprint density at radius 2 is 1.63 bits per heavy atom. The van der Waals surface area contributed by atoms with Gasteiger partial charge >= 0.3 is 0 Å². The fourth-order valence-corrected chi connectivity index (χ4v) is 5.43. The second-order valence-electron chi connectivity index (χ2n) is 11.7. The maximum Gasteiger partial charge on any atom is 0.253 e. The predicted molar refractivity (Wildman–Crippen MR) is 175 cm³/mol. The van der Waals surface area contributed by atoms with E-state index in [9.17, 15) is 9.59 Å². The van der Waals surface area contributed by atoms with Crippen LogP contribution in [0.5, 0.6) is 0 Å². The quantitative estimate of drug-likeness (QED) is 0.173. The summed E-state index contributed by atoms with van der Waals surface area (Å²) in [6, 6.07) is 19.5. The van der Waals surface area contributed by atoms with Crippen molar-refractivity contribution in [3.05, 3.63) is 83.6 Å². The third kappa shape index (κ3) is 8.80. The predicted octanol–water partition coefficient (Wildman–Crippen LogP) is 6.01. The Morgan fingerprint density at radius 1 is 0.930 bits per heavy atom. The van der Waals surface area contributed by atoms with E-state index < -0.39 is 0 Å². The first-order chi connectivity index (χ1) is 20.6. The summed E-state index contributed by atoms with van der Waals surface area (Å²) < 4.78 is 0. The summed E-state index contributed by atoms with van der Waals surface area (Å²) in [7, 11) is 0. The Kier molecular flexibility index (Phi) is 10.8. The van der Waals surface area contributed by atoms with Crippen LogP contribution >= 0.6 is 0 Å². The van der Waals surface area contributed by atoms with Crippen LogP contribution in [0.1, 0.15) is 74.9 Å². The number of aryl methyl sites for hydroxylation is 1. The van der Waals surface area contributed by atoms with Crippen molar-refractivity contribution in [3.8, 4) is 0 Å². The first-order valence-electron chi connectivity index (χ1n) is 15.2. The Hall–Kier alpha value is -4.40. The number of carbonyl (C=O) groups excluding carboxylic acids is 2. The van der Waals surface area contributed by atoms with Crippen LogP contribution in [0.15, 0.2) is 72.0 Å². The van der Waals surface area contributed by atoms with Crippen molar-refractivity contribution < 1.29 is 9.59 Å². The number of benzene rings is 2. The van der Waals surface area contributed by atoms with Gasteiger partial charge in [-0.05, 0) is 77.1 Å². The van der Waals surface area contributed by atoms with Gasteiger partial charge in [-0.25, -0.2) is 4.98 Å². The van der Waals surface area contributed by atoms with E-state index in [4.69, 9.17) is 5.10 Å². The van der Waals surface area contributed by atoms with Crippen LogP contribution in [0.2, 0.25) is 0 Å². The molecule has 1 aromatic heterocycles. The van der Waals surface area contributed by atoms with Gasteiger partial charge in [-0.2, -0.15) is 5.10 Å². The largest absolute Gasteiger partial charge is 0.356 e. The van der Waals surface area contributed by atoms with Gasteiger partial charge in [-0.15, -0.1) is 0 Å². The van der Waals surface area contributed by atoms with Gasteiger partial charge in [-0.3, -0.25) is 14.6 Å². The minimum Gasteiger partial charge on any atom is -0.356 e. The first-order valence-corrected chi connectivity index (χ1v) is 15.2. The normalized spacial score (nSPS) is 16.1. The van der Waals surface area contributed by atoms with E-state index in [2.05, 4.69) is 52.0 Å². The van der Waals surface area contributed by atoms with Crippen LogP contribution in [-0.4, -0.2) is 52.3 Å². The fraction of sp³-hybridized carbons (Fsp3) is 0.412. The summed E-state index contributed by atoms with van der Waals surface area (Å²) in [5.41, 5.74) is 4.89. The Balaban J connectivity index is 1.27. The van der Waals surface area contributed by atoms with E-state index in [1.54, 1.807) is 0 Å². The fourth-order valence-electron chi connectivity index (χ4n) is 5.43. The molecule has 9 heteroatoms. The standard InChI is InChI=1S/C34H45N7O2/c1-24(2)41-34(5,22-26(4)40-41)39-31-21-30(25(3)23-37-31)38-29-17-11-10-16-28(29)33(43)36-19-13-7-12-18-35-32(42)20-27-14-8-6-9-15-27/h6,8-11,14-17,21,23-24H,7,12-13,18-20,22H2,1-5H3,(H,35,42)(H,36,43)(H2,37,38,39). The van der Waals surface area contributed by atoms with Crippen molar-refractivity contribution in [3.63, 3.8) is 0 Å². The molecule has 1 unspecified atom stereocenters. The highest BCUT2D eigenvalue weighted by Crippen LogP contribution is 2.32. The van der Waals surface area contributed by atoms with Crippen LogP contribution in [0.4, 0.5) is 17.2 Å². The molecule has 1 aliphatic rings. The number of hydrazone groups is 1. The van der Waals surface area contributed by atoms with Crippen LogP contribution < -0.4 is 21.3 Å². The molecule has 0 bridgehead atoms. The average Bonchev–Trinajstić information content (AvgIpc) is 3.28. The van der Waals surface area contributed by atoms with Crippen molar-refractivity contribution in [1.82, 2.24) is 20.6 Å². The molecule has 0 aliphatic carbocycles. The molecule has 2 heterocycles. The maximum atomic E-state index is 13.1. The number of nitrogens with one attached hydrogen (secondary N) is 4. The third-order valence-electron chi connectivity index (χ3n) is 7.48. The number of hydrogen-bond acceptors (Lipinski definition) is 7. The average molecular weight is 584 g/mol. The van der Waals surface area contributed by atoms with Gasteiger partial charge in [0, 0.05) is 49.2 Å². The zero-order valence-electron chi connectivity index (χ0n) is 26.0. The number of nitrogens with zero attached hydrogens (tertiary/aromatic N) is 3. The zero-order chi connectivity index (χ0) is 30.8. The SMILES string of the molecule is CC1=NN(C(C)C)C(C)(Nc2cc(Nc3ccccc3C(=O)NCCCCCNC(=O)Cc3ccccc3)c(C)cn2)C1.